The Morgan fingerprint density at radius 2 is 2.00 bits per heavy atom. The van der Waals surface area contributed by atoms with Gasteiger partial charge in [0.25, 0.3) is 0 Å². The summed E-state index contributed by atoms with van der Waals surface area (Å²) in [6.07, 6.45) is 0. The van der Waals surface area contributed by atoms with E-state index in [9.17, 15) is 4.39 Å². The first kappa shape index (κ1) is 13.2. The quantitative estimate of drug-likeness (QED) is 0.639. The van der Waals surface area contributed by atoms with Crippen LogP contribution in [0.25, 0.3) is 0 Å². The van der Waals surface area contributed by atoms with Crippen molar-refractivity contribution in [1.29, 1.82) is 5.41 Å². The van der Waals surface area contributed by atoms with Gasteiger partial charge in [-0.25, -0.2) is 4.39 Å². The van der Waals surface area contributed by atoms with E-state index in [2.05, 4.69) is 18.7 Å². The number of hydrogen-bond donors (Lipinski definition) is 2. The van der Waals surface area contributed by atoms with Crippen LogP contribution in [0, 0.1) is 11.2 Å². The minimum absolute atomic E-state index is 0.101. The van der Waals surface area contributed by atoms with E-state index in [-0.39, 0.29) is 11.7 Å². The summed E-state index contributed by atoms with van der Waals surface area (Å²) < 4.78 is 14.0. The van der Waals surface area contributed by atoms with Crippen molar-refractivity contribution in [2.45, 2.75) is 24.3 Å². The summed E-state index contributed by atoms with van der Waals surface area (Å²) in [5.74, 6) is -0.398. The lowest BCUT2D eigenvalue weighted by Gasteiger charge is -2.36. The Bertz CT molecular complexity index is 454. The molecule has 3 N–H and O–H groups in total. The van der Waals surface area contributed by atoms with Crippen molar-refractivity contribution >= 4 is 23.3 Å². The molecule has 0 amide bonds. The second-order valence-corrected chi connectivity index (χ2v) is 6.62. The number of halogens is 1. The van der Waals surface area contributed by atoms with E-state index in [1.54, 1.807) is 12.1 Å². The third-order valence-corrected chi connectivity index (χ3v) is 4.25. The first-order valence-corrected chi connectivity index (χ1v) is 6.96. The summed E-state index contributed by atoms with van der Waals surface area (Å²) in [6.45, 7) is 6.03. The molecule has 0 bridgehead atoms. The molecule has 98 valence electrons. The number of nitrogens with one attached hydrogen (secondary N) is 1. The molecule has 0 aromatic heterocycles. The maximum atomic E-state index is 14.0. The van der Waals surface area contributed by atoms with Crippen LogP contribution < -0.4 is 10.6 Å². The predicted octanol–water partition coefficient (Wildman–Crippen LogP) is 2.44. The highest BCUT2D eigenvalue weighted by Gasteiger charge is 2.24. The van der Waals surface area contributed by atoms with Crippen LogP contribution in [0.5, 0.6) is 0 Å². The summed E-state index contributed by atoms with van der Waals surface area (Å²) >= 11 is 1.94. The van der Waals surface area contributed by atoms with Gasteiger partial charge in [0, 0.05) is 29.2 Å². The average molecular weight is 267 g/mol. The Labute approximate surface area is 111 Å². The van der Waals surface area contributed by atoms with Crippen LogP contribution in [0.3, 0.4) is 0 Å². The lowest BCUT2D eigenvalue weighted by atomic mass is 10.1. The van der Waals surface area contributed by atoms with Crippen molar-refractivity contribution in [3.05, 3.63) is 29.6 Å². The number of amidine groups is 1. The number of nitrogens with zero attached hydrogens (tertiary/aromatic N) is 1. The maximum absolute atomic E-state index is 14.0. The van der Waals surface area contributed by atoms with E-state index in [4.69, 9.17) is 11.1 Å². The second kappa shape index (κ2) is 5.18. The molecule has 1 aromatic rings. The molecule has 0 spiro atoms. The van der Waals surface area contributed by atoms with Crippen LogP contribution >= 0.6 is 11.8 Å². The van der Waals surface area contributed by atoms with Gasteiger partial charge in [-0.15, -0.1) is 0 Å². The van der Waals surface area contributed by atoms with Crippen molar-refractivity contribution in [2.75, 3.05) is 18.0 Å². The minimum atomic E-state index is -0.297. The highest BCUT2D eigenvalue weighted by molar-refractivity contribution is 8.00. The van der Waals surface area contributed by atoms with E-state index in [1.165, 1.54) is 6.07 Å². The lowest BCUT2D eigenvalue weighted by Crippen LogP contribution is -2.40. The molecule has 2 atom stereocenters. The normalized spacial score (nSPS) is 24.1. The lowest BCUT2D eigenvalue weighted by molar-refractivity contribution is 0.611. The van der Waals surface area contributed by atoms with Crippen LogP contribution in [0.4, 0.5) is 10.1 Å². The summed E-state index contributed by atoms with van der Waals surface area (Å²) in [6, 6.07) is 4.77. The zero-order chi connectivity index (χ0) is 13.3. The summed E-state index contributed by atoms with van der Waals surface area (Å²) in [7, 11) is 0. The molecule has 1 aliphatic rings. The van der Waals surface area contributed by atoms with Crippen molar-refractivity contribution in [3.8, 4) is 0 Å². The Hall–Kier alpha value is -1.23. The van der Waals surface area contributed by atoms with E-state index in [0.717, 1.165) is 13.1 Å². The van der Waals surface area contributed by atoms with Crippen molar-refractivity contribution in [3.63, 3.8) is 0 Å². The molecular weight excluding hydrogens is 249 g/mol. The Morgan fingerprint density at radius 3 is 2.50 bits per heavy atom. The fraction of sp³-hybridized carbons (Fsp3) is 0.462. The SMILES string of the molecule is CC1CN(c2ccc(C(=N)N)cc2F)CC(C)S1. The Morgan fingerprint density at radius 1 is 1.39 bits per heavy atom. The zero-order valence-corrected chi connectivity index (χ0v) is 11.4. The molecule has 0 radical (unpaired) electrons. The first-order valence-electron chi connectivity index (χ1n) is 6.01. The number of thioether (sulfide) groups is 1. The average Bonchev–Trinajstić information content (AvgIpc) is 2.27. The van der Waals surface area contributed by atoms with Gasteiger partial charge in [-0.05, 0) is 18.2 Å². The second-order valence-electron chi connectivity index (χ2n) is 4.74. The van der Waals surface area contributed by atoms with Gasteiger partial charge in [-0.2, -0.15) is 11.8 Å². The summed E-state index contributed by atoms with van der Waals surface area (Å²) in [5, 5.41) is 8.31. The fourth-order valence-corrected chi connectivity index (χ4v) is 3.63. The summed E-state index contributed by atoms with van der Waals surface area (Å²) in [5.41, 5.74) is 6.40. The molecular formula is C13H18FN3S. The monoisotopic (exact) mass is 267 g/mol. The molecule has 1 aliphatic heterocycles. The number of hydrogen-bond acceptors (Lipinski definition) is 3. The van der Waals surface area contributed by atoms with Crippen LogP contribution in [-0.2, 0) is 0 Å². The highest BCUT2D eigenvalue weighted by Crippen LogP contribution is 2.30. The smallest absolute Gasteiger partial charge is 0.147 e. The third-order valence-electron chi connectivity index (χ3n) is 3.02. The zero-order valence-electron chi connectivity index (χ0n) is 10.6. The van der Waals surface area contributed by atoms with Gasteiger partial charge in [0.2, 0.25) is 0 Å². The molecule has 5 heteroatoms. The van der Waals surface area contributed by atoms with Gasteiger partial charge < -0.3 is 10.6 Å². The van der Waals surface area contributed by atoms with E-state index >= 15 is 0 Å². The molecule has 2 rings (SSSR count). The van der Waals surface area contributed by atoms with Crippen LogP contribution in [0.2, 0.25) is 0 Å². The van der Waals surface area contributed by atoms with Crippen LogP contribution in [-0.4, -0.2) is 29.4 Å². The fourth-order valence-electron chi connectivity index (χ4n) is 2.31. The molecule has 1 saturated heterocycles. The molecule has 0 saturated carbocycles. The van der Waals surface area contributed by atoms with Crippen molar-refractivity contribution in [1.82, 2.24) is 0 Å². The minimum Gasteiger partial charge on any atom is -0.384 e. The number of nitrogen functional groups attached to an aromatic ring is 1. The molecule has 1 aromatic carbocycles. The van der Waals surface area contributed by atoms with Gasteiger partial charge in [-0.3, -0.25) is 5.41 Å². The van der Waals surface area contributed by atoms with Crippen molar-refractivity contribution in [2.24, 2.45) is 5.73 Å². The number of benzene rings is 1. The molecule has 3 nitrogen and oxygen atoms in total. The van der Waals surface area contributed by atoms with Gasteiger partial charge in [-0.1, -0.05) is 13.8 Å². The van der Waals surface area contributed by atoms with Gasteiger partial charge >= 0.3 is 0 Å². The van der Waals surface area contributed by atoms with E-state index in [1.807, 2.05) is 11.8 Å². The number of nitrogens with two attached hydrogens (primary N) is 1. The van der Waals surface area contributed by atoms with Gasteiger partial charge in [0.15, 0.2) is 0 Å². The van der Waals surface area contributed by atoms with Gasteiger partial charge in [0.05, 0.1) is 5.69 Å². The maximum Gasteiger partial charge on any atom is 0.147 e. The predicted molar refractivity (Wildman–Crippen MR) is 76.1 cm³/mol. The number of rotatable bonds is 2. The summed E-state index contributed by atoms with van der Waals surface area (Å²) in [4.78, 5) is 2.07. The molecule has 1 fully saturated rings. The third kappa shape index (κ3) is 2.77. The van der Waals surface area contributed by atoms with E-state index in [0.29, 0.717) is 21.8 Å². The molecule has 1 heterocycles. The highest BCUT2D eigenvalue weighted by atomic mass is 32.2. The molecule has 0 aliphatic carbocycles. The van der Waals surface area contributed by atoms with Crippen molar-refractivity contribution < 1.29 is 4.39 Å². The topological polar surface area (TPSA) is 53.1 Å². The van der Waals surface area contributed by atoms with Crippen LogP contribution in [0.15, 0.2) is 18.2 Å². The largest absolute Gasteiger partial charge is 0.384 e. The van der Waals surface area contributed by atoms with Gasteiger partial charge in [0.1, 0.15) is 11.7 Å². The Kier molecular flexibility index (Phi) is 3.80. The first-order chi connectivity index (χ1) is 8.47. The van der Waals surface area contributed by atoms with E-state index < -0.39 is 0 Å². The molecule has 18 heavy (non-hydrogen) atoms. The number of anilines is 1. The molecule has 2 unspecified atom stereocenters. The van der Waals surface area contributed by atoms with Crippen LogP contribution in [0.1, 0.15) is 19.4 Å². The Balaban J connectivity index is 2.25. The standard InChI is InChI=1S/C13H18FN3S/c1-8-6-17(7-9(2)18-8)12-4-3-10(13(15)16)5-11(12)14/h3-5,8-9H,6-7H2,1-2H3,(H3,15,16).